The summed E-state index contributed by atoms with van der Waals surface area (Å²) < 4.78 is 5.47. The molecule has 3 heterocycles. The van der Waals surface area contributed by atoms with Crippen molar-refractivity contribution in [2.75, 3.05) is 39.4 Å². The van der Waals surface area contributed by atoms with Crippen LogP contribution in [0.5, 0.6) is 0 Å². The fourth-order valence-electron chi connectivity index (χ4n) is 3.68. The smallest absolute Gasteiger partial charge is 0.314 e. The van der Waals surface area contributed by atoms with E-state index in [4.69, 9.17) is 4.74 Å². The Kier molecular flexibility index (Phi) is 6.26. The number of rotatable bonds is 7. The Labute approximate surface area is 168 Å². The number of nitrogens with zero attached hydrogens (tertiary/aromatic N) is 1. The molecule has 0 aliphatic carbocycles. The van der Waals surface area contributed by atoms with Crippen LogP contribution in [-0.2, 0) is 11.2 Å². The first kappa shape index (κ1) is 19.0. The molecule has 148 valence electrons. The summed E-state index contributed by atoms with van der Waals surface area (Å²) in [7, 11) is 0. The molecule has 0 saturated carbocycles. The van der Waals surface area contributed by atoms with Crippen LogP contribution in [0.4, 0.5) is 4.79 Å². The summed E-state index contributed by atoms with van der Waals surface area (Å²) in [6.07, 6.45) is 2.82. The molecule has 1 unspecified atom stereocenters. The molecular weight excluding hydrogens is 372 g/mol. The van der Waals surface area contributed by atoms with Crippen molar-refractivity contribution in [2.24, 2.45) is 0 Å². The van der Waals surface area contributed by atoms with E-state index < -0.39 is 0 Å². The number of carbonyl (C=O) groups is 1. The maximum Gasteiger partial charge on any atom is 0.314 e. The van der Waals surface area contributed by atoms with Gasteiger partial charge in [0.1, 0.15) is 0 Å². The number of hydrogen-bond donors (Lipinski definition) is 3. The number of hydrogen-bond acceptors (Lipinski definition) is 4. The van der Waals surface area contributed by atoms with Gasteiger partial charge in [-0.3, -0.25) is 4.90 Å². The number of aromatic amines is 1. The van der Waals surface area contributed by atoms with Gasteiger partial charge in [-0.15, -0.1) is 11.3 Å². The number of fused-ring (bicyclic) bond motifs is 1. The number of amides is 2. The van der Waals surface area contributed by atoms with Crippen molar-refractivity contribution in [3.05, 3.63) is 58.4 Å². The van der Waals surface area contributed by atoms with Crippen molar-refractivity contribution in [3.8, 4) is 0 Å². The highest BCUT2D eigenvalue weighted by Crippen LogP contribution is 2.25. The maximum atomic E-state index is 12.3. The first-order valence-electron chi connectivity index (χ1n) is 9.73. The number of para-hydroxylation sites is 1. The van der Waals surface area contributed by atoms with E-state index in [0.29, 0.717) is 13.1 Å². The number of thiophene rings is 1. The molecule has 28 heavy (non-hydrogen) atoms. The van der Waals surface area contributed by atoms with E-state index in [1.54, 1.807) is 11.3 Å². The van der Waals surface area contributed by atoms with E-state index in [1.165, 1.54) is 15.8 Å². The van der Waals surface area contributed by atoms with Gasteiger partial charge in [0.25, 0.3) is 0 Å². The van der Waals surface area contributed by atoms with Crippen LogP contribution in [0, 0.1) is 0 Å². The van der Waals surface area contributed by atoms with Crippen LogP contribution in [-0.4, -0.2) is 55.3 Å². The normalized spacial score (nSPS) is 16.1. The molecule has 3 aromatic rings. The van der Waals surface area contributed by atoms with Gasteiger partial charge in [-0.05, 0) is 29.5 Å². The predicted octanol–water partition coefficient (Wildman–Crippen LogP) is 3.14. The molecular formula is C21H26N4O2S. The lowest BCUT2D eigenvalue weighted by Crippen LogP contribution is -2.45. The first-order chi connectivity index (χ1) is 13.8. The number of nitrogens with one attached hydrogen (secondary N) is 3. The fraction of sp³-hybridized carbons (Fsp3) is 0.381. The Morgan fingerprint density at radius 1 is 1.18 bits per heavy atom. The van der Waals surface area contributed by atoms with Crippen LogP contribution in [0.2, 0.25) is 0 Å². The molecule has 4 rings (SSSR count). The number of benzene rings is 1. The largest absolute Gasteiger partial charge is 0.379 e. The lowest BCUT2D eigenvalue weighted by Gasteiger charge is -2.34. The van der Waals surface area contributed by atoms with Gasteiger partial charge in [0, 0.05) is 48.2 Å². The van der Waals surface area contributed by atoms with Gasteiger partial charge in [0.15, 0.2) is 0 Å². The summed E-state index contributed by atoms with van der Waals surface area (Å²) in [5.41, 5.74) is 2.35. The van der Waals surface area contributed by atoms with Crippen LogP contribution in [0.15, 0.2) is 48.0 Å². The number of H-pyrrole nitrogens is 1. The van der Waals surface area contributed by atoms with E-state index in [0.717, 1.165) is 38.2 Å². The van der Waals surface area contributed by atoms with Gasteiger partial charge in [0.2, 0.25) is 0 Å². The van der Waals surface area contributed by atoms with Crippen molar-refractivity contribution in [2.45, 2.75) is 12.5 Å². The molecule has 1 aliphatic rings. The van der Waals surface area contributed by atoms with Crippen molar-refractivity contribution in [1.29, 1.82) is 0 Å². The highest BCUT2D eigenvalue weighted by Gasteiger charge is 2.23. The number of carbonyl (C=O) groups excluding carboxylic acids is 1. The van der Waals surface area contributed by atoms with Crippen molar-refractivity contribution < 1.29 is 9.53 Å². The SMILES string of the molecule is O=C(NCCc1c[nH]c2ccccc12)NCC(c1cccs1)N1CCOCC1. The van der Waals surface area contributed by atoms with Crippen LogP contribution in [0.1, 0.15) is 16.5 Å². The van der Waals surface area contributed by atoms with Crippen LogP contribution < -0.4 is 10.6 Å². The Morgan fingerprint density at radius 2 is 2.04 bits per heavy atom. The Hall–Kier alpha value is -2.35. The molecule has 0 bridgehead atoms. The first-order valence-corrected chi connectivity index (χ1v) is 10.6. The van der Waals surface area contributed by atoms with Crippen LogP contribution in [0.25, 0.3) is 10.9 Å². The van der Waals surface area contributed by atoms with Crippen LogP contribution >= 0.6 is 11.3 Å². The Balaban J connectivity index is 1.27. The van der Waals surface area contributed by atoms with E-state index in [9.17, 15) is 4.79 Å². The third-order valence-corrected chi connectivity index (χ3v) is 6.14. The fourth-order valence-corrected chi connectivity index (χ4v) is 4.54. The molecule has 1 fully saturated rings. The molecule has 2 aromatic heterocycles. The summed E-state index contributed by atoms with van der Waals surface area (Å²) in [6.45, 7) is 4.49. The average Bonchev–Trinajstić information content (AvgIpc) is 3.40. The molecule has 0 radical (unpaired) electrons. The molecule has 6 nitrogen and oxygen atoms in total. The third kappa shape index (κ3) is 4.55. The number of urea groups is 1. The second-order valence-electron chi connectivity index (χ2n) is 6.93. The predicted molar refractivity (Wildman–Crippen MR) is 113 cm³/mol. The van der Waals surface area contributed by atoms with E-state index >= 15 is 0 Å². The number of ether oxygens (including phenoxy) is 1. The Bertz CT molecular complexity index is 887. The molecule has 7 heteroatoms. The molecule has 0 spiro atoms. The zero-order valence-corrected chi connectivity index (χ0v) is 16.6. The molecule has 1 atom stereocenters. The minimum atomic E-state index is -0.116. The van der Waals surface area contributed by atoms with Gasteiger partial charge in [-0.2, -0.15) is 0 Å². The molecule has 3 N–H and O–H groups in total. The van der Waals surface area contributed by atoms with Gasteiger partial charge in [-0.25, -0.2) is 4.79 Å². The van der Waals surface area contributed by atoms with E-state index in [1.807, 2.05) is 18.3 Å². The quantitative estimate of drug-likeness (QED) is 0.573. The van der Waals surface area contributed by atoms with Crippen molar-refractivity contribution in [3.63, 3.8) is 0 Å². The average molecular weight is 399 g/mol. The summed E-state index contributed by atoms with van der Waals surface area (Å²) in [4.78, 5) is 19.3. The Morgan fingerprint density at radius 3 is 2.86 bits per heavy atom. The van der Waals surface area contributed by atoms with Gasteiger partial charge >= 0.3 is 6.03 Å². The third-order valence-electron chi connectivity index (χ3n) is 5.17. The van der Waals surface area contributed by atoms with Crippen molar-refractivity contribution >= 4 is 28.3 Å². The van der Waals surface area contributed by atoms with Crippen LogP contribution in [0.3, 0.4) is 0 Å². The molecule has 1 aromatic carbocycles. The minimum Gasteiger partial charge on any atom is -0.379 e. The van der Waals surface area contributed by atoms with Crippen molar-refractivity contribution in [1.82, 2.24) is 20.5 Å². The number of aromatic nitrogens is 1. The zero-order valence-electron chi connectivity index (χ0n) is 15.8. The standard InChI is InChI=1S/C21H26N4O2S/c26-21(22-8-7-16-14-23-18-5-2-1-4-17(16)18)24-15-19(20-6-3-13-28-20)25-9-11-27-12-10-25/h1-6,13-14,19,23H,7-12,15H2,(H2,22,24,26). The van der Waals surface area contributed by atoms with E-state index in [2.05, 4.69) is 50.2 Å². The topological polar surface area (TPSA) is 69.4 Å². The monoisotopic (exact) mass is 398 g/mol. The molecule has 1 saturated heterocycles. The van der Waals surface area contributed by atoms with Gasteiger partial charge < -0.3 is 20.4 Å². The summed E-state index contributed by atoms with van der Waals surface area (Å²) in [5, 5.41) is 9.34. The zero-order chi connectivity index (χ0) is 19.2. The highest BCUT2D eigenvalue weighted by atomic mass is 32.1. The summed E-state index contributed by atoms with van der Waals surface area (Å²) in [6, 6.07) is 12.5. The minimum absolute atomic E-state index is 0.116. The highest BCUT2D eigenvalue weighted by molar-refractivity contribution is 7.10. The van der Waals surface area contributed by atoms with E-state index in [-0.39, 0.29) is 12.1 Å². The summed E-state index contributed by atoms with van der Waals surface area (Å²) >= 11 is 1.74. The molecule has 2 amide bonds. The lowest BCUT2D eigenvalue weighted by atomic mass is 10.1. The maximum absolute atomic E-state index is 12.3. The molecule has 1 aliphatic heterocycles. The van der Waals surface area contributed by atoms with Gasteiger partial charge in [-0.1, -0.05) is 24.3 Å². The second kappa shape index (κ2) is 9.23. The van der Waals surface area contributed by atoms with Gasteiger partial charge in [0.05, 0.1) is 19.3 Å². The second-order valence-corrected chi connectivity index (χ2v) is 7.91. The lowest BCUT2D eigenvalue weighted by molar-refractivity contribution is 0.0174. The number of morpholine rings is 1. The summed E-state index contributed by atoms with van der Waals surface area (Å²) in [5.74, 6) is 0.